The highest BCUT2D eigenvalue weighted by Crippen LogP contribution is 2.23. The van der Waals surface area contributed by atoms with Crippen LogP contribution in [-0.2, 0) is 20.2 Å². The fraction of sp³-hybridized carbons (Fsp3) is 0.350. The van der Waals surface area contributed by atoms with Crippen LogP contribution in [0.1, 0.15) is 33.3 Å². The van der Waals surface area contributed by atoms with E-state index < -0.39 is 15.8 Å². The molecule has 0 heterocycles. The van der Waals surface area contributed by atoms with E-state index in [1.807, 2.05) is 0 Å². The Balaban J connectivity index is 2.06. The summed E-state index contributed by atoms with van der Waals surface area (Å²) in [5.41, 5.74) is 1.36. The molecule has 0 unspecified atom stereocenters. The molecule has 0 atom stereocenters. The second-order valence-corrected chi connectivity index (χ2v) is 9.09. The van der Waals surface area contributed by atoms with Crippen LogP contribution in [0.5, 0.6) is 0 Å². The van der Waals surface area contributed by atoms with Crippen LogP contribution in [0, 0.1) is 5.82 Å². The van der Waals surface area contributed by atoms with Crippen molar-refractivity contribution in [2.75, 3.05) is 18.0 Å². The number of halogens is 1. The van der Waals surface area contributed by atoms with E-state index in [1.54, 1.807) is 30.3 Å². The lowest BCUT2D eigenvalue weighted by Crippen LogP contribution is -2.37. The molecule has 0 aromatic heterocycles. The molecular formula is C20H25FN2O3S. The number of sulfonamides is 1. The van der Waals surface area contributed by atoms with Crippen LogP contribution >= 0.6 is 0 Å². The van der Waals surface area contributed by atoms with E-state index in [0.717, 1.165) is 5.56 Å². The van der Waals surface area contributed by atoms with Gasteiger partial charge in [0.2, 0.25) is 15.9 Å². The van der Waals surface area contributed by atoms with Gasteiger partial charge in [-0.25, -0.2) is 17.5 Å². The summed E-state index contributed by atoms with van der Waals surface area (Å²) in [6, 6.07) is 12.3. The molecule has 0 saturated carbocycles. The molecule has 0 saturated heterocycles. The first-order chi connectivity index (χ1) is 12.5. The number of rotatable bonds is 6. The normalized spacial score (nSPS) is 12.0. The summed E-state index contributed by atoms with van der Waals surface area (Å²) >= 11 is 0. The molecule has 7 heteroatoms. The average molecular weight is 392 g/mol. The van der Waals surface area contributed by atoms with Crippen molar-refractivity contribution in [1.82, 2.24) is 4.72 Å². The Kier molecular flexibility index (Phi) is 6.38. The summed E-state index contributed by atoms with van der Waals surface area (Å²) < 4.78 is 40.8. The lowest BCUT2D eigenvalue weighted by atomic mass is 9.87. The van der Waals surface area contributed by atoms with Crippen LogP contribution in [0.3, 0.4) is 0 Å². The molecule has 0 radical (unpaired) electrons. The number of hydrogen-bond acceptors (Lipinski definition) is 3. The molecule has 0 bridgehead atoms. The zero-order chi connectivity index (χ0) is 20.2. The summed E-state index contributed by atoms with van der Waals surface area (Å²) in [6.07, 6.45) is 0. The van der Waals surface area contributed by atoms with Crippen molar-refractivity contribution >= 4 is 21.6 Å². The molecule has 0 aliphatic rings. The van der Waals surface area contributed by atoms with Crippen molar-refractivity contribution in [3.8, 4) is 0 Å². The molecular weight excluding hydrogens is 367 g/mol. The molecule has 0 aliphatic carbocycles. The Morgan fingerprint density at radius 2 is 1.74 bits per heavy atom. The lowest BCUT2D eigenvalue weighted by Gasteiger charge is -2.21. The monoisotopic (exact) mass is 392 g/mol. The first kappa shape index (κ1) is 21.1. The molecule has 146 valence electrons. The van der Waals surface area contributed by atoms with E-state index in [0.29, 0.717) is 5.69 Å². The van der Waals surface area contributed by atoms with E-state index >= 15 is 0 Å². The fourth-order valence-electron chi connectivity index (χ4n) is 2.62. The first-order valence-corrected chi connectivity index (χ1v) is 10.1. The van der Waals surface area contributed by atoms with Gasteiger partial charge >= 0.3 is 0 Å². The van der Waals surface area contributed by atoms with Gasteiger partial charge in [0.15, 0.2) is 0 Å². The zero-order valence-corrected chi connectivity index (χ0v) is 16.8. The van der Waals surface area contributed by atoms with Crippen LogP contribution in [0.2, 0.25) is 0 Å². The van der Waals surface area contributed by atoms with Gasteiger partial charge < -0.3 is 4.90 Å². The summed E-state index contributed by atoms with van der Waals surface area (Å²) in [5, 5.41) is 0. The van der Waals surface area contributed by atoms with Crippen molar-refractivity contribution in [3.05, 3.63) is 59.9 Å². The van der Waals surface area contributed by atoms with Crippen molar-refractivity contribution in [2.45, 2.75) is 38.0 Å². The second-order valence-electron chi connectivity index (χ2n) is 7.32. The minimum absolute atomic E-state index is 0.0133. The standard InChI is InChI=1S/C20H25FN2O3S/c1-15(24)23(18-7-5-6-17(21)14-18)13-12-22-27(25,26)19-10-8-16(9-11-19)20(2,3)4/h5-11,14,22H,12-13H2,1-4H3. The highest BCUT2D eigenvalue weighted by Gasteiger charge is 2.18. The van der Waals surface area contributed by atoms with Crippen molar-refractivity contribution in [3.63, 3.8) is 0 Å². The summed E-state index contributed by atoms with van der Waals surface area (Å²) in [4.78, 5) is 13.3. The Bertz CT molecular complexity index is 904. The van der Waals surface area contributed by atoms with Crippen LogP contribution in [0.15, 0.2) is 53.4 Å². The highest BCUT2D eigenvalue weighted by atomic mass is 32.2. The SMILES string of the molecule is CC(=O)N(CCNS(=O)(=O)c1ccc(C(C)(C)C)cc1)c1cccc(F)c1. The van der Waals surface area contributed by atoms with E-state index in [4.69, 9.17) is 0 Å². The van der Waals surface area contributed by atoms with E-state index in [-0.39, 0.29) is 29.3 Å². The number of nitrogens with one attached hydrogen (secondary N) is 1. The van der Waals surface area contributed by atoms with Gasteiger partial charge in [-0.1, -0.05) is 39.0 Å². The second kappa shape index (κ2) is 8.19. The third kappa shape index (κ3) is 5.61. The predicted octanol–water partition coefficient (Wildman–Crippen LogP) is 3.45. The Hall–Kier alpha value is -2.25. The Morgan fingerprint density at radius 3 is 2.26 bits per heavy atom. The van der Waals surface area contributed by atoms with Crippen molar-refractivity contribution < 1.29 is 17.6 Å². The molecule has 1 amide bonds. The molecule has 2 aromatic carbocycles. The largest absolute Gasteiger partial charge is 0.311 e. The molecule has 0 fully saturated rings. The van der Waals surface area contributed by atoms with Crippen LogP contribution in [0.4, 0.5) is 10.1 Å². The van der Waals surface area contributed by atoms with Gasteiger partial charge in [-0.05, 0) is 41.3 Å². The first-order valence-electron chi connectivity index (χ1n) is 8.64. The van der Waals surface area contributed by atoms with Gasteiger partial charge in [-0.3, -0.25) is 4.79 Å². The molecule has 5 nitrogen and oxygen atoms in total. The average Bonchev–Trinajstić information content (AvgIpc) is 2.57. The van der Waals surface area contributed by atoms with E-state index in [9.17, 15) is 17.6 Å². The predicted molar refractivity (Wildman–Crippen MR) is 105 cm³/mol. The molecule has 2 rings (SSSR count). The fourth-order valence-corrected chi connectivity index (χ4v) is 3.64. The zero-order valence-electron chi connectivity index (χ0n) is 16.0. The number of benzene rings is 2. The van der Waals surface area contributed by atoms with Crippen molar-refractivity contribution in [1.29, 1.82) is 0 Å². The van der Waals surface area contributed by atoms with Gasteiger partial charge in [0.05, 0.1) is 4.90 Å². The molecule has 0 aliphatic heterocycles. The van der Waals surface area contributed by atoms with Crippen LogP contribution < -0.4 is 9.62 Å². The van der Waals surface area contributed by atoms with E-state index in [1.165, 1.54) is 30.0 Å². The minimum Gasteiger partial charge on any atom is -0.311 e. The lowest BCUT2D eigenvalue weighted by molar-refractivity contribution is -0.116. The minimum atomic E-state index is -3.70. The third-order valence-electron chi connectivity index (χ3n) is 4.16. The molecule has 27 heavy (non-hydrogen) atoms. The van der Waals surface area contributed by atoms with Gasteiger partial charge in [-0.15, -0.1) is 0 Å². The Morgan fingerprint density at radius 1 is 1.11 bits per heavy atom. The summed E-state index contributed by atoms with van der Waals surface area (Å²) in [5.74, 6) is -0.757. The van der Waals surface area contributed by atoms with Crippen molar-refractivity contribution in [2.24, 2.45) is 0 Å². The maximum Gasteiger partial charge on any atom is 0.240 e. The number of carbonyl (C=O) groups is 1. The van der Waals surface area contributed by atoms with Crippen LogP contribution in [0.25, 0.3) is 0 Å². The number of hydrogen-bond donors (Lipinski definition) is 1. The third-order valence-corrected chi connectivity index (χ3v) is 5.64. The van der Waals surface area contributed by atoms with E-state index in [2.05, 4.69) is 25.5 Å². The van der Waals surface area contributed by atoms with Gasteiger partial charge in [0, 0.05) is 25.7 Å². The molecule has 1 N–H and O–H groups in total. The number of amides is 1. The number of carbonyl (C=O) groups excluding carboxylic acids is 1. The van der Waals surface area contributed by atoms with Gasteiger partial charge in [0.1, 0.15) is 5.82 Å². The summed E-state index contributed by atoms with van der Waals surface area (Å²) in [6.45, 7) is 7.62. The highest BCUT2D eigenvalue weighted by molar-refractivity contribution is 7.89. The maximum atomic E-state index is 13.4. The van der Waals surface area contributed by atoms with Crippen LogP contribution in [-0.4, -0.2) is 27.4 Å². The van der Waals surface area contributed by atoms with Gasteiger partial charge in [-0.2, -0.15) is 0 Å². The topological polar surface area (TPSA) is 66.5 Å². The van der Waals surface area contributed by atoms with Gasteiger partial charge in [0.25, 0.3) is 0 Å². The maximum absolute atomic E-state index is 13.4. The smallest absolute Gasteiger partial charge is 0.240 e. The Labute approximate surface area is 160 Å². The summed E-state index contributed by atoms with van der Waals surface area (Å²) in [7, 11) is -3.70. The number of anilines is 1. The molecule has 2 aromatic rings. The quantitative estimate of drug-likeness (QED) is 0.819. The number of nitrogens with zero attached hydrogens (tertiary/aromatic N) is 1. The molecule has 0 spiro atoms.